The maximum atomic E-state index is 13.2. The number of benzene rings is 2. The van der Waals surface area contributed by atoms with Crippen LogP contribution in [0.3, 0.4) is 0 Å². The molecule has 0 saturated carbocycles. The fraction of sp³-hybridized carbons (Fsp3) is 0.379. The van der Waals surface area contributed by atoms with Crippen LogP contribution in [0.1, 0.15) is 42.7 Å². The van der Waals surface area contributed by atoms with E-state index in [1.54, 1.807) is 25.0 Å². The average Bonchev–Trinajstić information content (AvgIpc) is 3.26. The lowest BCUT2D eigenvalue weighted by Gasteiger charge is -2.22. The summed E-state index contributed by atoms with van der Waals surface area (Å²) in [5, 5.41) is 11.9. The van der Waals surface area contributed by atoms with Crippen LogP contribution >= 0.6 is 11.6 Å². The fourth-order valence-electron chi connectivity index (χ4n) is 4.42. The Labute approximate surface area is 224 Å². The smallest absolute Gasteiger partial charge is 0.272 e. The second kappa shape index (κ2) is 13.3. The number of hydrogen-bond donors (Lipinski definition) is 2. The molecule has 2 unspecified atom stereocenters. The minimum Gasteiger partial charge on any atom is -0.497 e. The Bertz CT molecular complexity index is 1180. The SMILES string of the molecule is C=CCC(CC)C(C)NCCNC(=O)c1nn(-c2cc(OC)cc(OC)c2)c(-c2ccc(Cl)cc2)c1C. The Morgan fingerprint density at radius 1 is 1.14 bits per heavy atom. The minimum atomic E-state index is -0.228. The number of nitrogens with one attached hydrogen (secondary N) is 2. The molecule has 0 spiro atoms. The second-order valence-corrected chi connectivity index (χ2v) is 9.44. The number of hydrogen-bond acceptors (Lipinski definition) is 5. The lowest BCUT2D eigenvalue weighted by molar-refractivity contribution is 0.0947. The van der Waals surface area contributed by atoms with Crippen LogP contribution in [0.2, 0.25) is 5.02 Å². The van der Waals surface area contributed by atoms with Crippen molar-refractivity contribution < 1.29 is 14.3 Å². The molecule has 0 aliphatic carbocycles. The van der Waals surface area contributed by atoms with Crippen molar-refractivity contribution in [3.05, 3.63) is 71.4 Å². The molecule has 1 aromatic heterocycles. The van der Waals surface area contributed by atoms with Gasteiger partial charge >= 0.3 is 0 Å². The van der Waals surface area contributed by atoms with Gasteiger partial charge in [0.05, 0.1) is 25.6 Å². The van der Waals surface area contributed by atoms with Crippen LogP contribution in [-0.2, 0) is 0 Å². The number of ether oxygens (including phenoxy) is 2. The first kappa shape index (κ1) is 28.3. The standard InChI is InChI=1S/C29H37ClN4O3/c1-7-9-21(8-2)20(4)31-14-15-32-29(35)27-19(3)28(22-10-12-23(30)13-11-22)34(33-27)24-16-25(36-5)18-26(17-24)37-6/h7,10-13,16-18,20-21,31H,1,8-9,14-15H2,2-6H3,(H,32,35). The number of aromatic nitrogens is 2. The van der Waals surface area contributed by atoms with Crippen molar-refractivity contribution in [3.63, 3.8) is 0 Å². The lowest BCUT2D eigenvalue weighted by Crippen LogP contribution is -2.39. The Morgan fingerprint density at radius 2 is 1.78 bits per heavy atom. The first-order valence-corrected chi connectivity index (χ1v) is 12.9. The van der Waals surface area contributed by atoms with Gasteiger partial charge in [-0.3, -0.25) is 4.79 Å². The molecule has 3 rings (SSSR count). The molecule has 37 heavy (non-hydrogen) atoms. The molecule has 2 N–H and O–H groups in total. The number of allylic oxidation sites excluding steroid dienone is 1. The molecule has 1 heterocycles. The van der Waals surface area contributed by atoms with E-state index in [9.17, 15) is 4.79 Å². The zero-order valence-corrected chi connectivity index (χ0v) is 23.1. The van der Waals surface area contributed by atoms with Crippen LogP contribution in [0.4, 0.5) is 0 Å². The van der Waals surface area contributed by atoms with Crippen molar-refractivity contribution in [1.29, 1.82) is 0 Å². The summed E-state index contributed by atoms with van der Waals surface area (Å²) < 4.78 is 12.7. The molecule has 3 aromatic rings. The fourth-order valence-corrected chi connectivity index (χ4v) is 4.55. The number of methoxy groups -OCH3 is 2. The second-order valence-electron chi connectivity index (χ2n) is 9.00. The third kappa shape index (κ3) is 6.93. The van der Waals surface area contributed by atoms with Crippen LogP contribution in [0, 0.1) is 12.8 Å². The molecule has 8 heteroatoms. The quantitative estimate of drug-likeness (QED) is 0.217. The maximum Gasteiger partial charge on any atom is 0.272 e. The molecular formula is C29H37ClN4O3. The summed E-state index contributed by atoms with van der Waals surface area (Å²) in [7, 11) is 3.20. The number of halogens is 1. The predicted molar refractivity (Wildman–Crippen MR) is 150 cm³/mol. The van der Waals surface area contributed by atoms with Gasteiger partial charge < -0.3 is 20.1 Å². The molecule has 0 aliphatic rings. The molecule has 198 valence electrons. The predicted octanol–water partition coefficient (Wildman–Crippen LogP) is 5.83. The number of carbonyl (C=O) groups is 1. The molecule has 0 bridgehead atoms. The van der Waals surface area contributed by atoms with Crippen molar-refractivity contribution in [2.45, 2.75) is 39.7 Å². The first-order valence-electron chi connectivity index (χ1n) is 12.5. The highest BCUT2D eigenvalue weighted by Gasteiger charge is 2.23. The summed E-state index contributed by atoms with van der Waals surface area (Å²) in [5.41, 5.74) is 3.52. The van der Waals surface area contributed by atoms with Gasteiger partial charge in [0, 0.05) is 53.5 Å². The van der Waals surface area contributed by atoms with Crippen molar-refractivity contribution in [2.75, 3.05) is 27.3 Å². The summed E-state index contributed by atoms with van der Waals surface area (Å²) >= 11 is 6.14. The van der Waals surface area contributed by atoms with Gasteiger partial charge in [-0.1, -0.05) is 43.2 Å². The van der Waals surface area contributed by atoms with E-state index in [1.807, 2.05) is 49.4 Å². The third-order valence-electron chi connectivity index (χ3n) is 6.61. The number of nitrogens with zero attached hydrogens (tertiary/aromatic N) is 2. The zero-order valence-electron chi connectivity index (χ0n) is 22.3. The largest absolute Gasteiger partial charge is 0.497 e. The molecule has 2 atom stereocenters. The molecule has 7 nitrogen and oxygen atoms in total. The van der Waals surface area contributed by atoms with Crippen molar-refractivity contribution in [1.82, 2.24) is 20.4 Å². The number of carbonyl (C=O) groups excluding carboxylic acids is 1. The van der Waals surface area contributed by atoms with Gasteiger partial charge in [0.2, 0.25) is 0 Å². The van der Waals surface area contributed by atoms with Crippen LogP contribution in [0.5, 0.6) is 11.5 Å². The van der Waals surface area contributed by atoms with Gasteiger partial charge in [0.15, 0.2) is 5.69 Å². The monoisotopic (exact) mass is 524 g/mol. The summed E-state index contributed by atoms with van der Waals surface area (Å²) in [4.78, 5) is 13.2. The maximum absolute atomic E-state index is 13.2. The normalized spacial score (nSPS) is 12.6. The number of rotatable bonds is 13. The van der Waals surface area contributed by atoms with E-state index in [2.05, 4.69) is 31.1 Å². The Kier molecular flexibility index (Phi) is 10.2. The van der Waals surface area contributed by atoms with Gasteiger partial charge in [0.25, 0.3) is 5.91 Å². The van der Waals surface area contributed by atoms with E-state index in [-0.39, 0.29) is 5.91 Å². The highest BCUT2D eigenvalue weighted by Crippen LogP contribution is 2.32. The summed E-state index contributed by atoms with van der Waals surface area (Å²) in [6.07, 6.45) is 4.01. The van der Waals surface area contributed by atoms with Gasteiger partial charge in [-0.05, 0) is 38.3 Å². The molecule has 1 amide bonds. The van der Waals surface area contributed by atoms with Crippen molar-refractivity contribution >= 4 is 17.5 Å². The summed E-state index contributed by atoms with van der Waals surface area (Å²) in [6, 6.07) is 13.3. The summed E-state index contributed by atoms with van der Waals surface area (Å²) in [5.74, 6) is 1.54. The van der Waals surface area contributed by atoms with Gasteiger partial charge in [0.1, 0.15) is 11.5 Å². The molecule has 0 radical (unpaired) electrons. The highest BCUT2D eigenvalue weighted by atomic mass is 35.5. The van der Waals surface area contributed by atoms with Crippen LogP contribution < -0.4 is 20.1 Å². The lowest BCUT2D eigenvalue weighted by atomic mass is 9.95. The topological polar surface area (TPSA) is 77.4 Å². The average molecular weight is 525 g/mol. The minimum absolute atomic E-state index is 0.228. The number of amides is 1. The van der Waals surface area contributed by atoms with E-state index in [1.165, 1.54) is 0 Å². The van der Waals surface area contributed by atoms with Crippen LogP contribution in [0.15, 0.2) is 55.1 Å². The van der Waals surface area contributed by atoms with E-state index in [4.69, 9.17) is 26.2 Å². The van der Waals surface area contributed by atoms with Crippen LogP contribution in [0.25, 0.3) is 16.9 Å². The molecule has 0 aliphatic heterocycles. The summed E-state index contributed by atoms with van der Waals surface area (Å²) in [6.45, 7) is 11.3. The highest BCUT2D eigenvalue weighted by molar-refractivity contribution is 6.30. The third-order valence-corrected chi connectivity index (χ3v) is 6.87. The van der Waals surface area contributed by atoms with E-state index < -0.39 is 0 Å². The first-order chi connectivity index (χ1) is 17.8. The van der Waals surface area contributed by atoms with E-state index >= 15 is 0 Å². The van der Waals surface area contributed by atoms with Crippen molar-refractivity contribution in [2.24, 2.45) is 5.92 Å². The Balaban J connectivity index is 1.88. The molecule has 0 fully saturated rings. The van der Waals surface area contributed by atoms with Gasteiger partial charge in [-0.2, -0.15) is 5.10 Å². The Hall–Kier alpha value is -3.29. The molecule has 2 aromatic carbocycles. The van der Waals surface area contributed by atoms with Gasteiger partial charge in [-0.25, -0.2) is 4.68 Å². The molecular weight excluding hydrogens is 488 g/mol. The van der Waals surface area contributed by atoms with E-state index in [0.29, 0.717) is 53.0 Å². The van der Waals surface area contributed by atoms with Crippen molar-refractivity contribution in [3.8, 4) is 28.4 Å². The van der Waals surface area contributed by atoms with Crippen LogP contribution in [-0.4, -0.2) is 49.0 Å². The zero-order chi connectivity index (χ0) is 26.9. The Morgan fingerprint density at radius 3 is 2.35 bits per heavy atom. The van der Waals surface area contributed by atoms with E-state index in [0.717, 1.165) is 29.7 Å². The van der Waals surface area contributed by atoms with Gasteiger partial charge in [-0.15, -0.1) is 6.58 Å². The molecule has 0 saturated heterocycles.